The Morgan fingerprint density at radius 1 is 1.30 bits per heavy atom. The number of amides is 1. The maximum Gasteiger partial charge on any atom is 0.216 e. The Bertz CT molecular complexity index is 638. The van der Waals surface area contributed by atoms with E-state index in [2.05, 4.69) is 45.3 Å². The lowest BCUT2D eigenvalue weighted by molar-refractivity contribution is -0.118. The molecule has 3 rings (SSSR count). The first kappa shape index (κ1) is 17.8. The molecule has 0 spiro atoms. The van der Waals surface area contributed by atoms with Gasteiger partial charge in [0, 0.05) is 30.5 Å². The Morgan fingerprint density at radius 2 is 2.04 bits per heavy atom. The molecule has 6 heteroatoms. The molecule has 124 valence electrons. The largest absolute Gasteiger partial charge is 0.359 e. The fourth-order valence-electron chi connectivity index (χ4n) is 2.27. The van der Waals surface area contributed by atoms with Crippen LogP contribution in [0.3, 0.4) is 0 Å². The average Bonchev–Trinajstić information content (AvgIpc) is 3.20. The SMILES string of the molecule is CC(=O)NCCCc1ccc(-c2csc(NC3CC3)n2)cc1.Cl. The molecule has 0 unspecified atom stereocenters. The van der Waals surface area contributed by atoms with Crippen molar-refractivity contribution in [3.8, 4) is 11.3 Å². The summed E-state index contributed by atoms with van der Waals surface area (Å²) in [5.74, 6) is 0.0366. The normalized spacial score (nSPS) is 13.3. The number of halogens is 1. The van der Waals surface area contributed by atoms with Gasteiger partial charge in [0.2, 0.25) is 5.91 Å². The minimum absolute atomic E-state index is 0. The van der Waals surface area contributed by atoms with Gasteiger partial charge in [-0.15, -0.1) is 23.7 Å². The number of anilines is 1. The van der Waals surface area contributed by atoms with Crippen LogP contribution in [0.4, 0.5) is 5.13 Å². The van der Waals surface area contributed by atoms with Crippen molar-refractivity contribution in [1.82, 2.24) is 10.3 Å². The Hall–Kier alpha value is -1.59. The van der Waals surface area contributed by atoms with Crippen molar-refractivity contribution in [3.05, 3.63) is 35.2 Å². The van der Waals surface area contributed by atoms with Gasteiger partial charge in [-0.1, -0.05) is 24.3 Å². The van der Waals surface area contributed by atoms with Crippen molar-refractivity contribution < 1.29 is 4.79 Å². The third kappa shape index (κ3) is 5.52. The zero-order chi connectivity index (χ0) is 15.4. The van der Waals surface area contributed by atoms with Crippen LogP contribution in [0.1, 0.15) is 31.7 Å². The lowest BCUT2D eigenvalue weighted by Gasteiger charge is -2.04. The maximum absolute atomic E-state index is 10.8. The highest BCUT2D eigenvalue weighted by Crippen LogP contribution is 2.29. The summed E-state index contributed by atoms with van der Waals surface area (Å²) in [4.78, 5) is 15.5. The number of hydrogen-bond donors (Lipinski definition) is 2. The molecule has 1 aromatic heterocycles. The highest BCUT2D eigenvalue weighted by molar-refractivity contribution is 7.14. The molecule has 4 nitrogen and oxygen atoms in total. The standard InChI is InChI=1S/C17H21N3OS.ClH/c1-12(21)18-10-2-3-13-4-6-14(7-5-13)16-11-22-17(20-16)19-15-8-9-15;/h4-7,11,15H,2-3,8-10H2,1H3,(H,18,21)(H,19,20);1H. The molecule has 1 amide bonds. The lowest BCUT2D eigenvalue weighted by Crippen LogP contribution is -2.21. The second-order valence-corrected chi connectivity index (χ2v) is 6.60. The number of benzene rings is 1. The summed E-state index contributed by atoms with van der Waals surface area (Å²) < 4.78 is 0. The predicted molar refractivity (Wildman–Crippen MR) is 98.4 cm³/mol. The minimum atomic E-state index is 0. The second-order valence-electron chi connectivity index (χ2n) is 5.74. The average molecular weight is 352 g/mol. The number of nitrogens with zero attached hydrogens (tertiary/aromatic N) is 1. The molecule has 0 aliphatic heterocycles. The van der Waals surface area contributed by atoms with E-state index >= 15 is 0 Å². The van der Waals surface area contributed by atoms with Crippen LogP contribution in [0.5, 0.6) is 0 Å². The van der Waals surface area contributed by atoms with Gasteiger partial charge in [-0.3, -0.25) is 4.79 Å². The van der Waals surface area contributed by atoms with Crippen LogP contribution in [-0.4, -0.2) is 23.5 Å². The number of aromatic nitrogens is 1. The third-order valence-corrected chi connectivity index (χ3v) is 4.45. The highest BCUT2D eigenvalue weighted by Gasteiger charge is 2.22. The van der Waals surface area contributed by atoms with Gasteiger partial charge < -0.3 is 10.6 Å². The highest BCUT2D eigenvalue weighted by atomic mass is 35.5. The molecule has 2 aromatic rings. The first-order chi connectivity index (χ1) is 10.7. The molecule has 0 saturated heterocycles. The van der Waals surface area contributed by atoms with Crippen LogP contribution in [0.15, 0.2) is 29.6 Å². The summed E-state index contributed by atoms with van der Waals surface area (Å²) >= 11 is 1.67. The Balaban J connectivity index is 0.00000192. The lowest BCUT2D eigenvalue weighted by atomic mass is 10.1. The first-order valence-electron chi connectivity index (χ1n) is 7.76. The van der Waals surface area contributed by atoms with E-state index in [1.165, 1.54) is 18.4 Å². The molecule has 1 aliphatic carbocycles. The fourth-order valence-corrected chi connectivity index (χ4v) is 3.07. The Kier molecular flexibility index (Phi) is 6.42. The van der Waals surface area contributed by atoms with Crippen molar-refractivity contribution in [2.24, 2.45) is 0 Å². The minimum Gasteiger partial charge on any atom is -0.359 e. The van der Waals surface area contributed by atoms with Crippen molar-refractivity contribution >= 4 is 34.8 Å². The van der Waals surface area contributed by atoms with E-state index in [9.17, 15) is 4.79 Å². The molecule has 1 aliphatic rings. The zero-order valence-electron chi connectivity index (χ0n) is 13.2. The molecule has 2 N–H and O–H groups in total. The third-order valence-electron chi connectivity index (χ3n) is 3.68. The van der Waals surface area contributed by atoms with E-state index in [0.717, 1.165) is 35.8 Å². The van der Waals surface area contributed by atoms with Gasteiger partial charge in [-0.25, -0.2) is 4.98 Å². The summed E-state index contributed by atoms with van der Waals surface area (Å²) in [5.41, 5.74) is 3.49. The Labute approximate surface area is 147 Å². The van der Waals surface area contributed by atoms with Crippen LogP contribution in [0.25, 0.3) is 11.3 Å². The van der Waals surface area contributed by atoms with E-state index in [1.807, 2.05) is 0 Å². The van der Waals surface area contributed by atoms with Crippen LogP contribution in [0.2, 0.25) is 0 Å². The zero-order valence-corrected chi connectivity index (χ0v) is 14.8. The Morgan fingerprint density at radius 3 is 2.70 bits per heavy atom. The van der Waals surface area contributed by atoms with Crippen molar-refractivity contribution in [1.29, 1.82) is 0 Å². The molecule has 0 bridgehead atoms. The summed E-state index contributed by atoms with van der Waals surface area (Å²) in [6.07, 6.45) is 4.47. The van der Waals surface area contributed by atoms with Crippen LogP contribution in [0, 0.1) is 0 Å². The van der Waals surface area contributed by atoms with Crippen LogP contribution in [-0.2, 0) is 11.2 Å². The first-order valence-corrected chi connectivity index (χ1v) is 8.64. The van der Waals surface area contributed by atoms with Crippen molar-refractivity contribution in [2.75, 3.05) is 11.9 Å². The molecule has 0 atom stereocenters. The number of aryl methyl sites for hydroxylation is 1. The van der Waals surface area contributed by atoms with Gasteiger partial charge in [0.25, 0.3) is 0 Å². The molecule has 1 heterocycles. The maximum atomic E-state index is 10.8. The van der Waals surface area contributed by atoms with Gasteiger partial charge in [-0.2, -0.15) is 0 Å². The van der Waals surface area contributed by atoms with Crippen LogP contribution >= 0.6 is 23.7 Å². The molecule has 0 radical (unpaired) electrons. The summed E-state index contributed by atoms with van der Waals surface area (Å²) in [6, 6.07) is 9.20. The monoisotopic (exact) mass is 351 g/mol. The number of nitrogens with one attached hydrogen (secondary N) is 2. The smallest absolute Gasteiger partial charge is 0.216 e. The van der Waals surface area contributed by atoms with E-state index in [0.29, 0.717) is 6.04 Å². The molecule has 1 aromatic carbocycles. The summed E-state index contributed by atoms with van der Waals surface area (Å²) in [5, 5.41) is 9.39. The molecular weight excluding hydrogens is 330 g/mol. The fraction of sp³-hybridized carbons (Fsp3) is 0.412. The summed E-state index contributed by atoms with van der Waals surface area (Å²) in [6.45, 7) is 2.29. The van der Waals surface area contributed by atoms with Crippen molar-refractivity contribution in [3.63, 3.8) is 0 Å². The number of rotatable bonds is 7. The molecule has 1 fully saturated rings. The van der Waals surface area contributed by atoms with Gasteiger partial charge >= 0.3 is 0 Å². The summed E-state index contributed by atoms with van der Waals surface area (Å²) in [7, 11) is 0. The molecular formula is C17H22ClN3OS. The number of thiazole rings is 1. The number of carbonyl (C=O) groups is 1. The van der Waals surface area contributed by atoms with E-state index < -0.39 is 0 Å². The van der Waals surface area contributed by atoms with E-state index in [1.54, 1.807) is 18.3 Å². The second kappa shape index (κ2) is 8.31. The molecule has 23 heavy (non-hydrogen) atoms. The topological polar surface area (TPSA) is 54.0 Å². The van der Waals surface area contributed by atoms with Gasteiger partial charge in [-0.05, 0) is 31.2 Å². The predicted octanol–water partition coefficient (Wildman–Crippen LogP) is 3.87. The number of carbonyl (C=O) groups excluding carboxylic acids is 1. The van der Waals surface area contributed by atoms with Gasteiger partial charge in [0.15, 0.2) is 5.13 Å². The van der Waals surface area contributed by atoms with Crippen molar-refractivity contribution in [2.45, 2.75) is 38.6 Å². The molecule has 1 saturated carbocycles. The quantitative estimate of drug-likeness (QED) is 0.744. The number of hydrogen-bond acceptors (Lipinski definition) is 4. The van der Waals surface area contributed by atoms with E-state index in [4.69, 9.17) is 0 Å². The van der Waals surface area contributed by atoms with Gasteiger partial charge in [0.05, 0.1) is 5.69 Å². The van der Waals surface area contributed by atoms with E-state index in [-0.39, 0.29) is 18.3 Å². The van der Waals surface area contributed by atoms with Crippen LogP contribution < -0.4 is 10.6 Å². The van der Waals surface area contributed by atoms with Gasteiger partial charge in [0.1, 0.15) is 0 Å².